The molecule has 1 aromatic heterocycles. The number of carbonyl (C=O) groups is 2. The minimum Gasteiger partial charge on any atom is -0.481 e. The van der Waals surface area contributed by atoms with Crippen molar-refractivity contribution in [2.24, 2.45) is 5.92 Å². The largest absolute Gasteiger partial charge is 0.481 e. The number of benzene rings is 1. The van der Waals surface area contributed by atoms with Crippen molar-refractivity contribution in [3.05, 3.63) is 34.7 Å². The van der Waals surface area contributed by atoms with Crippen LogP contribution in [-0.2, 0) is 4.79 Å². The first kappa shape index (κ1) is 16.0. The molecule has 0 saturated carbocycles. The Kier molecular flexibility index (Phi) is 4.66. The number of fused-ring (bicyclic) bond motifs is 1. The SMILES string of the molecule is Cc1ccc2c(C(=O)N3CCCC(CCC(=O)O)C3)csc2c1. The fourth-order valence-electron chi connectivity index (χ4n) is 3.28. The van der Waals surface area contributed by atoms with Crippen LogP contribution in [0.5, 0.6) is 0 Å². The summed E-state index contributed by atoms with van der Waals surface area (Å²) in [5.74, 6) is -0.372. The number of likely N-dealkylation sites (tertiary alicyclic amines) is 1. The molecule has 122 valence electrons. The molecule has 2 aromatic rings. The molecule has 3 rings (SSSR count). The van der Waals surface area contributed by atoms with Crippen molar-refractivity contribution in [2.75, 3.05) is 13.1 Å². The second-order valence-corrected chi connectivity index (χ2v) is 7.25. The molecule has 1 unspecified atom stereocenters. The number of thiophene rings is 1. The highest BCUT2D eigenvalue weighted by molar-refractivity contribution is 7.17. The molecule has 23 heavy (non-hydrogen) atoms. The summed E-state index contributed by atoms with van der Waals surface area (Å²) in [5, 5.41) is 11.8. The first-order chi connectivity index (χ1) is 11.0. The van der Waals surface area contributed by atoms with E-state index in [0.29, 0.717) is 18.9 Å². The van der Waals surface area contributed by atoms with Crippen LogP contribution >= 0.6 is 11.3 Å². The van der Waals surface area contributed by atoms with Crippen molar-refractivity contribution in [3.63, 3.8) is 0 Å². The zero-order valence-corrected chi connectivity index (χ0v) is 14.1. The minimum atomic E-state index is -0.757. The van der Waals surface area contributed by atoms with E-state index < -0.39 is 5.97 Å². The van der Waals surface area contributed by atoms with Gasteiger partial charge in [0.2, 0.25) is 0 Å². The summed E-state index contributed by atoms with van der Waals surface area (Å²) < 4.78 is 1.15. The van der Waals surface area contributed by atoms with Crippen LogP contribution in [0.2, 0.25) is 0 Å². The molecule has 0 radical (unpaired) electrons. The third-order valence-electron chi connectivity index (χ3n) is 4.53. The van der Waals surface area contributed by atoms with E-state index in [-0.39, 0.29) is 12.3 Å². The lowest BCUT2D eigenvalue weighted by molar-refractivity contribution is -0.137. The monoisotopic (exact) mass is 331 g/mol. The van der Waals surface area contributed by atoms with Gasteiger partial charge in [0.1, 0.15) is 0 Å². The number of amides is 1. The Labute approximate surface area is 139 Å². The molecule has 2 heterocycles. The molecule has 0 spiro atoms. The third-order valence-corrected chi connectivity index (χ3v) is 5.48. The maximum absolute atomic E-state index is 12.9. The van der Waals surface area contributed by atoms with Gasteiger partial charge in [0.05, 0.1) is 5.56 Å². The van der Waals surface area contributed by atoms with Gasteiger partial charge in [-0.15, -0.1) is 11.3 Å². The quantitative estimate of drug-likeness (QED) is 0.923. The molecule has 1 amide bonds. The number of aliphatic carboxylic acids is 1. The maximum atomic E-state index is 12.9. The second kappa shape index (κ2) is 6.71. The topological polar surface area (TPSA) is 57.6 Å². The molecular weight excluding hydrogens is 310 g/mol. The van der Waals surface area contributed by atoms with E-state index in [9.17, 15) is 9.59 Å². The average Bonchev–Trinajstić information content (AvgIpc) is 2.95. The van der Waals surface area contributed by atoms with E-state index >= 15 is 0 Å². The fraction of sp³-hybridized carbons (Fsp3) is 0.444. The van der Waals surface area contributed by atoms with E-state index in [1.54, 1.807) is 11.3 Å². The van der Waals surface area contributed by atoms with E-state index in [1.807, 2.05) is 22.4 Å². The average molecular weight is 331 g/mol. The van der Waals surface area contributed by atoms with Crippen molar-refractivity contribution in [1.82, 2.24) is 4.90 Å². The zero-order chi connectivity index (χ0) is 16.4. The Hall–Kier alpha value is -1.88. The van der Waals surface area contributed by atoms with Gasteiger partial charge in [0.15, 0.2) is 0 Å². The molecule has 1 atom stereocenters. The molecule has 1 aliphatic heterocycles. The summed E-state index contributed by atoms with van der Waals surface area (Å²) in [5.41, 5.74) is 1.98. The fourth-order valence-corrected chi connectivity index (χ4v) is 4.32. The lowest BCUT2D eigenvalue weighted by Crippen LogP contribution is -2.40. The normalized spacial score (nSPS) is 18.3. The number of carbonyl (C=O) groups excluding carboxylic acids is 1. The summed E-state index contributed by atoms with van der Waals surface area (Å²) in [6.45, 7) is 3.50. The number of hydrogen-bond acceptors (Lipinski definition) is 3. The van der Waals surface area contributed by atoms with Crippen molar-refractivity contribution in [1.29, 1.82) is 0 Å². The smallest absolute Gasteiger partial charge is 0.303 e. The predicted molar refractivity (Wildman–Crippen MR) is 92.1 cm³/mol. The van der Waals surface area contributed by atoms with Gasteiger partial charge < -0.3 is 10.0 Å². The van der Waals surface area contributed by atoms with E-state index in [2.05, 4.69) is 13.0 Å². The number of rotatable bonds is 4. The first-order valence-corrected chi connectivity index (χ1v) is 8.91. The summed E-state index contributed by atoms with van der Waals surface area (Å²) in [6, 6.07) is 6.18. The maximum Gasteiger partial charge on any atom is 0.303 e. The Balaban J connectivity index is 1.74. The Morgan fingerprint density at radius 1 is 1.39 bits per heavy atom. The summed E-state index contributed by atoms with van der Waals surface area (Å²) in [4.78, 5) is 25.5. The van der Waals surface area contributed by atoms with E-state index in [4.69, 9.17) is 5.11 Å². The molecule has 0 bridgehead atoms. The van der Waals surface area contributed by atoms with Crippen molar-refractivity contribution >= 4 is 33.3 Å². The standard InChI is InChI=1S/C18H21NO3S/c1-12-4-6-14-15(11-23-16(14)9-12)18(22)19-8-2-3-13(10-19)5-7-17(20)21/h4,6,9,11,13H,2-3,5,7-8,10H2,1H3,(H,20,21). The Morgan fingerprint density at radius 2 is 2.22 bits per heavy atom. The molecule has 4 nitrogen and oxygen atoms in total. The Morgan fingerprint density at radius 3 is 3.00 bits per heavy atom. The van der Waals surface area contributed by atoms with Crippen LogP contribution in [0.4, 0.5) is 0 Å². The highest BCUT2D eigenvalue weighted by Gasteiger charge is 2.26. The van der Waals surface area contributed by atoms with Crippen LogP contribution in [0, 0.1) is 12.8 Å². The van der Waals surface area contributed by atoms with Crippen LogP contribution in [0.15, 0.2) is 23.6 Å². The van der Waals surface area contributed by atoms with Gasteiger partial charge in [0, 0.05) is 35.0 Å². The van der Waals surface area contributed by atoms with Crippen molar-refractivity contribution in [2.45, 2.75) is 32.6 Å². The predicted octanol–water partition coefficient (Wildman–Crippen LogP) is 3.93. The van der Waals surface area contributed by atoms with Crippen molar-refractivity contribution in [3.8, 4) is 0 Å². The number of carboxylic acids is 1. The van der Waals surface area contributed by atoms with E-state index in [1.165, 1.54) is 5.56 Å². The van der Waals surface area contributed by atoms with Gasteiger partial charge >= 0.3 is 5.97 Å². The number of aryl methyl sites for hydroxylation is 1. The molecule has 1 aliphatic rings. The van der Waals surface area contributed by atoms with Gasteiger partial charge in [-0.05, 0) is 43.7 Å². The van der Waals surface area contributed by atoms with Crippen LogP contribution in [-0.4, -0.2) is 35.0 Å². The highest BCUT2D eigenvalue weighted by Crippen LogP contribution is 2.29. The summed E-state index contributed by atoms with van der Waals surface area (Å²) in [7, 11) is 0. The molecule has 1 aromatic carbocycles. The number of piperidine rings is 1. The minimum absolute atomic E-state index is 0.0835. The van der Waals surface area contributed by atoms with Gasteiger partial charge in [-0.2, -0.15) is 0 Å². The van der Waals surface area contributed by atoms with Crippen molar-refractivity contribution < 1.29 is 14.7 Å². The molecule has 1 N–H and O–H groups in total. The lowest BCUT2D eigenvalue weighted by atomic mass is 9.93. The second-order valence-electron chi connectivity index (χ2n) is 6.34. The lowest BCUT2D eigenvalue weighted by Gasteiger charge is -2.32. The number of nitrogens with zero attached hydrogens (tertiary/aromatic N) is 1. The van der Waals surface area contributed by atoms with Gasteiger partial charge in [-0.1, -0.05) is 12.1 Å². The van der Waals surface area contributed by atoms with Gasteiger partial charge in [-0.3, -0.25) is 9.59 Å². The first-order valence-electron chi connectivity index (χ1n) is 8.03. The molecule has 5 heteroatoms. The summed E-state index contributed by atoms with van der Waals surface area (Å²) in [6.07, 6.45) is 2.81. The number of carboxylic acid groups (broad SMARTS) is 1. The van der Waals surface area contributed by atoms with Gasteiger partial charge in [0.25, 0.3) is 5.91 Å². The molecule has 0 aliphatic carbocycles. The van der Waals surface area contributed by atoms with Crippen LogP contribution in [0.25, 0.3) is 10.1 Å². The summed E-state index contributed by atoms with van der Waals surface area (Å²) >= 11 is 1.61. The third kappa shape index (κ3) is 3.55. The van der Waals surface area contributed by atoms with E-state index in [0.717, 1.165) is 35.0 Å². The number of hydrogen-bond donors (Lipinski definition) is 1. The molecular formula is C18H21NO3S. The van der Waals surface area contributed by atoms with Crippen LogP contribution < -0.4 is 0 Å². The van der Waals surface area contributed by atoms with Crippen LogP contribution in [0.1, 0.15) is 41.6 Å². The van der Waals surface area contributed by atoms with Gasteiger partial charge in [-0.25, -0.2) is 0 Å². The molecule has 1 saturated heterocycles. The van der Waals surface area contributed by atoms with Crippen LogP contribution in [0.3, 0.4) is 0 Å². The zero-order valence-electron chi connectivity index (χ0n) is 13.2. The highest BCUT2D eigenvalue weighted by atomic mass is 32.1. The Bertz CT molecular complexity index is 737. The molecule has 1 fully saturated rings.